The number of methoxy groups -OCH3 is 1. The van der Waals surface area contributed by atoms with Gasteiger partial charge in [-0.15, -0.1) is 0 Å². The molecule has 1 aromatic rings. The highest BCUT2D eigenvalue weighted by molar-refractivity contribution is 5.74. The minimum atomic E-state index is -0.00287. The number of hydrogen-bond acceptors (Lipinski definition) is 3. The van der Waals surface area contributed by atoms with Gasteiger partial charge in [0.25, 0.3) is 0 Å². The molecule has 1 fully saturated rings. The molecule has 1 aliphatic rings. The van der Waals surface area contributed by atoms with Crippen molar-refractivity contribution >= 4 is 6.03 Å². The highest BCUT2D eigenvalue weighted by Gasteiger charge is 2.23. The van der Waals surface area contributed by atoms with Gasteiger partial charge in [-0.25, -0.2) is 4.79 Å². The van der Waals surface area contributed by atoms with Crippen molar-refractivity contribution in [3.05, 3.63) is 29.8 Å². The molecule has 5 nitrogen and oxygen atoms in total. The van der Waals surface area contributed by atoms with E-state index in [1.807, 2.05) is 23.1 Å². The maximum Gasteiger partial charge on any atom is 0.317 e. The van der Waals surface area contributed by atoms with Crippen LogP contribution in [0.25, 0.3) is 0 Å². The molecule has 1 aromatic carbocycles. The summed E-state index contributed by atoms with van der Waals surface area (Å²) in [6.45, 7) is 6.80. The lowest BCUT2D eigenvalue weighted by atomic mass is 9.96. The third-order valence-electron chi connectivity index (χ3n) is 4.04. The Balaban J connectivity index is 2.01. The topological polar surface area (TPSA) is 50.8 Å². The summed E-state index contributed by atoms with van der Waals surface area (Å²) in [4.78, 5) is 14.2. The molecule has 1 heterocycles. The van der Waals surface area contributed by atoms with E-state index in [0.29, 0.717) is 32.2 Å². The Kier molecular flexibility index (Phi) is 6.07. The van der Waals surface area contributed by atoms with Crippen LogP contribution in [0.15, 0.2) is 24.3 Å². The van der Waals surface area contributed by atoms with Crippen LogP contribution < -0.4 is 10.1 Å². The maximum absolute atomic E-state index is 12.4. The maximum atomic E-state index is 12.4. The molecule has 0 aliphatic carbocycles. The Bertz CT molecular complexity index is 485. The minimum absolute atomic E-state index is 0.00287. The number of para-hydroxylation sites is 1. The monoisotopic (exact) mass is 306 g/mol. The molecule has 22 heavy (non-hydrogen) atoms. The van der Waals surface area contributed by atoms with E-state index in [0.717, 1.165) is 17.7 Å². The molecule has 0 spiro atoms. The summed E-state index contributed by atoms with van der Waals surface area (Å²) in [5, 5.41) is 3.16. The van der Waals surface area contributed by atoms with Crippen LogP contribution in [0.4, 0.5) is 4.79 Å². The molecule has 2 amide bonds. The average Bonchev–Trinajstić information content (AvgIpc) is 2.55. The predicted octanol–water partition coefficient (Wildman–Crippen LogP) is 2.30. The molecule has 0 saturated carbocycles. The highest BCUT2D eigenvalue weighted by atomic mass is 16.5. The fourth-order valence-corrected chi connectivity index (χ4v) is 2.58. The standard InChI is InChI=1S/C17H26N2O3/c1-13(2)15(12-14-6-4-5-7-16(14)21-3)18-17(20)19-8-10-22-11-9-19/h4-7,13,15H,8-12H2,1-3H3,(H,18,20)/t15-/m0/s1. The lowest BCUT2D eigenvalue weighted by Gasteiger charge is -2.31. The fraction of sp³-hybridized carbons (Fsp3) is 0.588. The predicted molar refractivity (Wildman–Crippen MR) is 86.2 cm³/mol. The summed E-state index contributed by atoms with van der Waals surface area (Å²) in [6.07, 6.45) is 0.762. The lowest BCUT2D eigenvalue weighted by Crippen LogP contribution is -2.51. The molecule has 0 unspecified atom stereocenters. The largest absolute Gasteiger partial charge is 0.496 e. The van der Waals surface area contributed by atoms with Gasteiger partial charge >= 0.3 is 6.03 Å². The number of carbonyl (C=O) groups is 1. The molecule has 1 N–H and O–H groups in total. The first-order valence-corrected chi connectivity index (χ1v) is 7.87. The molecule has 0 bridgehead atoms. The first-order valence-electron chi connectivity index (χ1n) is 7.87. The summed E-state index contributed by atoms with van der Waals surface area (Å²) in [7, 11) is 1.68. The Morgan fingerprint density at radius 2 is 2.00 bits per heavy atom. The number of nitrogens with zero attached hydrogens (tertiary/aromatic N) is 1. The van der Waals surface area contributed by atoms with Crippen molar-refractivity contribution in [1.82, 2.24) is 10.2 Å². The summed E-state index contributed by atoms with van der Waals surface area (Å²) < 4.78 is 10.7. The number of morpholine rings is 1. The molecule has 0 aromatic heterocycles. The van der Waals surface area contributed by atoms with Gasteiger partial charge in [-0.1, -0.05) is 32.0 Å². The Morgan fingerprint density at radius 3 is 2.64 bits per heavy atom. The van der Waals surface area contributed by atoms with Gasteiger partial charge in [-0.05, 0) is 24.0 Å². The number of ether oxygens (including phenoxy) is 2. The number of benzene rings is 1. The van der Waals surface area contributed by atoms with E-state index in [1.165, 1.54) is 0 Å². The first-order chi connectivity index (χ1) is 10.6. The van der Waals surface area contributed by atoms with Crippen LogP contribution in [0.5, 0.6) is 5.75 Å². The van der Waals surface area contributed by atoms with E-state index in [-0.39, 0.29) is 12.1 Å². The number of amides is 2. The zero-order valence-electron chi connectivity index (χ0n) is 13.7. The summed E-state index contributed by atoms with van der Waals surface area (Å²) in [5.74, 6) is 1.21. The molecule has 5 heteroatoms. The summed E-state index contributed by atoms with van der Waals surface area (Å²) in [5.41, 5.74) is 1.12. The second-order valence-electron chi connectivity index (χ2n) is 5.92. The van der Waals surface area contributed by atoms with E-state index < -0.39 is 0 Å². The van der Waals surface area contributed by atoms with Gasteiger partial charge in [0.2, 0.25) is 0 Å². The minimum Gasteiger partial charge on any atom is -0.496 e. The third kappa shape index (κ3) is 4.37. The van der Waals surface area contributed by atoms with Gasteiger partial charge in [0.05, 0.1) is 20.3 Å². The second-order valence-corrected chi connectivity index (χ2v) is 5.92. The normalized spacial score (nSPS) is 16.5. The van der Waals surface area contributed by atoms with Crippen molar-refractivity contribution in [2.75, 3.05) is 33.4 Å². The summed E-state index contributed by atoms with van der Waals surface area (Å²) in [6, 6.07) is 8.03. The van der Waals surface area contributed by atoms with Crippen LogP contribution in [0.3, 0.4) is 0 Å². The van der Waals surface area contributed by atoms with Crippen molar-refractivity contribution in [1.29, 1.82) is 0 Å². The van der Waals surface area contributed by atoms with E-state index in [2.05, 4.69) is 25.2 Å². The Labute approximate surface area is 132 Å². The number of rotatable bonds is 5. The molecular formula is C17H26N2O3. The second kappa shape index (κ2) is 8.03. The van der Waals surface area contributed by atoms with Gasteiger partial charge in [-0.2, -0.15) is 0 Å². The van der Waals surface area contributed by atoms with Gasteiger partial charge in [0, 0.05) is 19.1 Å². The molecule has 2 rings (SSSR count). The quantitative estimate of drug-likeness (QED) is 0.908. The summed E-state index contributed by atoms with van der Waals surface area (Å²) >= 11 is 0. The van der Waals surface area contributed by atoms with Crippen LogP contribution in [-0.2, 0) is 11.2 Å². The smallest absolute Gasteiger partial charge is 0.317 e. The molecule has 1 aliphatic heterocycles. The van der Waals surface area contributed by atoms with Crippen LogP contribution >= 0.6 is 0 Å². The van der Waals surface area contributed by atoms with Crippen LogP contribution in [0.1, 0.15) is 19.4 Å². The SMILES string of the molecule is COc1ccccc1C[C@H](NC(=O)N1CCOCC1)C(C)C. The molecule has 1 saturated heterocycles. The third-order valence-corrected chi connectivity index (χ3v) is 4.04. The van der Waals surface area contributed by atoms with Crippen LogP contribution in [0.2, 0.25) is 0 Å². The van der Waals surface area contributed by atoms with Crippen molar-refractivity contribution in [3.63, 3.8) is 0 Å². The van der Waals surface area contributed by atoms with Crippen molar-refractivity contribution in [2.45, 2.75) is 26.3 Å². The Hall–Kier alpha value is -1.75. The van der Waals surface area contributed by atoms with Gasteiger partial charge in [0.1, 0.15) is 5.75 Å². The zero-order chi connectivity index (χ0) is 15.9. The van der Waals surface area contributed by atoms with Crippen molar-refractivity contribution < 1.29 is 14.3 Å². The Morgan fingerprint density at radius 1 is 1.32 bits per heavy atom. The van der Waals surface area contributed by atoms with E-state index in [4.69, 9.17) is 9.47 Å². The number of hydrogen-bond donors (Lipinski definition) is 1. The number of carbonyl (C=O) groups excluding carboxylic acids is 1. The van der Waals surface area contributed by atoms with Gasteiger partial charge < -0.3 is 19.7 Å². The molecule has 122 valence electrons. The van der Waals surface area contributed by atoms with Crippen LogP contribution in [0, 0.1) is 5.92 Å². The van der Waals surface area contributed by atoms with Crippen LogP contribution in [-0.4, -0.2) is 50.4 Å². The lowest BCUT2D eigenvalue weighted by molar-refractivity contribution is 0.0520. The highest BCUT2D eigenvalue weighted by Crippen LogP contribution is 2.21. The number of urea groups is 1. The molecule has 1 atom stereocenters. The van der Waals surface area contributed by atoms with E-state index >= 15 is 0 Å². The number of nitrogens with one attached hydrogen (secondary N) is 1. The van der Waals surface area contributed by atoms with Crippen molar-refractivity contribution in [2.24, 2.45) is 5.92 Å². The first kappa shape index (κ1) is 16.6. The fourth-order valence-electron chi connectivity index (χ4n) is 2.58. The average molecular weight is 306 g/mol. The van der Waals surface area contributed by atoms with Crippen molar-refractivity contribution in [3.8, 4) is 5.75 Å². The zero-order valence-corrected chi connectivity index (χ0v) is 13.7. The molecular weight excluding hydrogens is 280 g/mol. The van der Waals surface area contributed by atoms with E-state index in [9.17, 15) is 4.79 Å². The van der Waals surface area contributed by atoms with Gasteiger partial charge in [-0.3, -0.25) is 0 Å². The molecule has 0 radical (unpaired) electrons. The van der Waals surface area contributed by atoms with E-state index in [1.54, 1.807) is 7.11 Å². The van der Waals surface area contributed by atoms with Gasteiger partial charge in [0.15, 0.2) is 0 Å².